The molecule has 1 N–H and O–H groups in total. The molecule has 3 rings (SSSR count). The molecule has 0 spiro atoms. The lowest BCUT2D eigenvalue weighted by molar-refractivity contribution is 1.07. The highest BCUT2D eigenvalue weighted by atomic mass is 14.9. The summed E-state index contributed by atoms with van der Waals surface area (Å²) < 4.78 is 0. The maximum Gasteiger partial charge on any atom is 0.115 e. The number of benzene rings is 1. The molecule has 1 aromatic carbocycles. The Balaban J connectivity index is 1.66. The van der Waals surface area contributed by atoms with Crippen molar-refractivity contribution in [3.63, 3.8) is 0 Å². The van der Waals surface area contributed by atoms with Crippen molar-refractivity contribution in [2.24, 2.45) is 0 Å². The minimum absolute atomic E-state index is 0.815. The molecule has 2 aromatic rings. The van der Waals surface area contributed by atoms with Crippen LogP contribution >= 0.6 is 0 Å². The fourth-order valence-corrected chi connectivity index (χ4v) is 1.97. The molecule has 3 nitrogen and oxygen atoms in total. The van der Waals surface area contributed by atoms with E-state index in [1.165, 1.54) is 24.0 Å². The molecule has 0 aliphatic heterocycles. The maximum atomic E-state index is 3.98. The van der Waals surface area contributed by atoms with Crippen LogP contribution in [0.15, 0.2) is 43.0 Å². The Morgan fingerprint density at radius 3 is 2.76 bits per heavy atom. The average Bonchev–Trinajstić information content (AvgIpc) is 3.22. The van der Waals surface area contributed by atoms with E-state index >= 15 is 0 Å². The SMILES string of the molecule is c1cc(CNc2cncnc2)cc(C2CC2)c1. The van der Waals surface area contributed by atoms with E-state index in [0.717, 1.165) is 18.2 Å². The highest BCUT2D eigenvalue weighted by Crippen LogP contribution is 2.40. The van der Waals surface area contributed by atoms with Crippen LogP contribution in [-0.2, 0) is 6.54 Å². The van der Waals surface area contributed by atoms with E-state index in [2.05, 4.69) is 39.6 Å². The molecule has 3 heteroatoms. The van der Waals surface area contributed by atoms with Gasteiger partial charge < -0.3 is 5.32 Å². The van der Waals surface area contributed by atoms with Crippen LogP contribution in [0, 0.1) is 0 Å². The highest BCUT2D eigenvalue weighted by Gasteiger charge is 2.23. The largest absolute Gasteiger partial charge is 0.378 e. The summed E-state index contributed by atoms with van der Waals surface area (Å²) >= 11 is 0. The Morgan fingerprint density at radius 1 is 1.18 bits per heavy atom. The van der Waals surface area contributed by atoms with Gasteiger partial charge in [0.15, 0.2) is 0 Å². The molecule has 1 aliphatic rings. The first kappa shape index (κ1) is 10.3. The summed E-state index contributed by atoms with van der Waals surface area (Å²) in [5.74, 6) is 0.815. The van der Waals surface area contributed by atoms with Crippen LogP contribution in [0.3, 0.4) is 0 Å². The van der Waals surface area contributed by atoms with Gasteiger partial charge in [-0.2, -0.15) is 0 Å². The second kappa shape index (κ2) is 4.53. The highest BCUT2D eigenvalue weighted by molar-refractivity contribution is 5.39. The number of nitrogens with one attached hydrogen (secondary N) is 1. The first-order valence-electron chi connectivity index (χ1n) is 5.99. The number of aromatic nitrogens is 2. The van der Waals surface area contributed by atoms with Gasteiger partial charge in [-0.15, -0.1) is 0 Å². The summed E-state index contributed by atoms with van der Waals surface area (Å²) in [6, 6.07) is 8.83. The van der Waals surface area contributed by atoms with Crippen LogP contribution in [-0.4, -0.2) is 9.97 Å². The van der Waals surface area contributed by atoms with Gasteiger partial charge in [0.2, 0.25) is 0 Å². The normalized spacial score (nSPS) is 14.6. The minimum atomic E-state index is 0.815. The minimum Gasteiger partial charge on any atom is -0.378 e. The first-order chi connectivity index (χ1) is 8.42. The molecule has 0 saturated heterocycles. The molecule has 1 heterocycles. The van der Waals surface area contributed by atoms with Gasteiger partial charge in [-0.3, -0.25) is 0 Å². The smallest absolute Gasteiger partial charge is 0.115 e. The molecule has 17 heavy (non-hydrogen) atoms. The van der Waals surface area contributed by atoms with E-state index < -0.39 is 0 Å². The van der Waals surface area contributed by atoms with Crippen molar-refractivity contribution < 1.29 is 0 Å². The van der Waals surface area contributed by atoms with Crippen molar-refractivity contribution in [1.82, 2.24) is 9.97 Å². The number of anilines is 1. The van der Waals surface area contributed by atoms with E-state index in [-0.39, 0.29) is 0 Å². The van der Waals surface area contributed by atoms with E-state index in [0.29, 0.717) is 0 Å². The zero-order valence-electron chi connectivity index (χ0n) is 9.63. The van der Waals surface area contributed by atoms with Gasteiger partial charge in [-0.05, 0) is 29.9 Å². The van der Waals surface area contributed by atoms with Crippen LogP contribution in [0.25, 0.3) is 0 Å². The molecule has 1 aliphatic carbocycles. The topological polar surface area (TPSA) is 37.8 Å². The average molecular weight is 225 g/mol. The van der Waals surface area contributed by atoms with Crippen molar-refractivity contribution in [3.05, 3.63) is 54.1 Å². The molecule has 0 amide bonds. The second-order valence-corrected chi connectivity index (χ2v) is 4.50. The molecule has 1 saturated carbocycles. The molecular formula is C14H15N3. The lowest BCUT2D eigenvalue weighted by Crippen LogP contribution is -2.00. The Kier molecular flexibility index (Phi) is 2.74. The molecule has 86 valence electrons. The van der Waals surface area contributed by atoms with E-state index in [1.807, 2.05) is 0 Å². The lowest BCUT2D eigenvalue weighted by atomic mass is 10.1. The third kappa shape index (κ3) is 2.61. The lowest BCUT2D eigenvalue weighted by Gasteiger charge is -2.07. The fraction of sp³-hybridized carbons (Fsp3) is 0.286. The van der Waals surface area contributed by atoms with Gasteiger partial charge >= 0.3 is 0 Å². The van der Waals surface area contributed by atoms with Gasteiger partial charge in [0.1, 0.15) is 6.33 Å². The summed E-state index contributed by atoms with van der Waals surface area (Å²) in [4.78, 5) is 7.96. The summed E-state index contributed by atoms with van der Waals surface area (Å²) in [5.41, 5.74) is 3.76. The number of hydrogen-bond acceptors (Lipinski definition) is 3. The molecular weight excluding hydrogens is 210 g/mol. The van der Waals surface area contributed by atoms with Crippen LogP contribution in [0.2, 0.25) is 0 Å². The van der Waals surface area contributed by atoms with Crippen LogP contribution in [0.1, 0.15) is 29.9 Å². The van der Waals surface area contributed by atoms with Gasteiger partial charge in [0, 0.05) is 6.54 Å². The van der Waals surface area contributed by atoms with Crippen LogP contribution < -0.4 is 5.32 Å². The number of nitrogens with zero attached hydrogens (tertiary/aromatic N) is 2. The zero-order valence-corrected chi connectivity index (χ0v) is 9.63. The maximum absolute atomic E-state index is 3.98. The molecule has 0 bridgehead atoms. The van der Waals surface area contributed by atoms with Crippen molar-refractivity contribution >= 4 is 5.69 Å². The van der Waals surface area contributed by atoms with Gasteiger partial charge in [0.05, 0.1) is 18.1 Å². The number of rotatable bonds is 4. The standard InChI is InChI=1S/C14H15N3/c1-2-11(6-13(3-1)12-4-5-12)7-17-14-8-15-10-16-9-14/h1-3,6,8-10,12,17H,4-5,7H2. The zero-order chi connectivity index (χ0) is 11.5. The summed E-state index contributed by atoms with van der Waals surface area (Å²) in [6.07, 6.45) is 7.82. The molecule has 0 radical (unpaired) electrons. The van der Waals surface area contributed by atoms with E-state index in [1.54, 1.807) is 18.7 Å². The Bertz CT molecular complexity index is 492. The third-order valence-corrected chi connectivity index (χ3v) is 3.06. The van der Waals surface area contributed by atoms with Crippen LogP contribution in [0.5, 0.6) is 0 Å². The predicted octanol–water partition coefficient (Wildman–Crippen LogP) is 2.97. The van der Waals surface area contributed by atoms with Crippen molar-refractivity contribution in [2.45, 2.75) is 25.3 Å². The van der Waals surface area contributed by atoms with Crippen molar-refractivity contribution in [1.29, 1.82) is 0 Å². The molecule has 0 unspecified atom stereocenters. The Morgan fingerprint density at radius 2 is 2.00 bits per heavy atom. The van der Waals surface area contributed by atoms with E-state index in [9.17, 15) is 0 Å². The van der Waals surface area contributed by atoms with E-state index in [4.69, 9.17) is 0 Å². The second-order valence-electron chi connectivity index (χ2n) is 4.50. The summed E-state index contributed by atoms with van der Waals surface area (Å²) in [6.45, 7) is 0.827. The molecule has 1 aromatic heterocycles. The van der Waals surface area contributed by atoms with Crippen LogP contribution in [0.4, 0.5) is 5.69 Å². The predicted molar refractivity (Wildman–Crippen MR) is 67.8 cm³/mol. The third-order valence-electron chi connectivity index (χ3n) is 3.06. The van der Waals surface area contributed by atoms with Crippen molar-refractivity contribution in [2.75, 3.05) is 5.32 Å². The van der Waals surface area contributed by atoms with Gasteiger partial charge in [-0.1, -0.05) is 24.3 Å². The van der Waals surface area contributed by atoms with Gasteiger partial charge in [0.25, 0.3) is 0 Å². The molecule has 0 atom stereocenters. The quantitative estimate of drug-likeness (QED) is 0.869. The Hall–Kier alpha value is -1.90. The first-order valence-corrected chi connectivity index (χ1v) is 5.99. The Labute approximate surface area is 101 Å². The monoisotopic (exact) mass is 225 g/mol. The molecule has 1 fully saturated rings. The van der Waals surface area contributed by atoms with Gasteiger partial charge in [-0.25, -0.2) is 9.97 Å². The van der Waals surface area contributed by atoms with Crippen molar-refractivity contribution in [3.8, 4) is 0 Å². The number of hydrogen-bond donors (Lipinski definition) is 1. The fourth-order valence-electron chi connectivity index (χ4n) is 1.97. The summed E-state index contributed by atoms with van der Waals surface area (Å²) in [5, 5.41) is 3.32. The summed E-state index contributed by atoms with van der Waals surface area (Å²) in [7, 11) is 0.